The van der Waals surface area contributed by atoms with E-state index in [9.17, 15) is 24.5 Å². The van der Waals surface area contributed by atoms with Gasteiger partial charge in [-0.1, -0.05) is 29.8 Å². The average Bonchev–Trinajstić information content (AvgIpc) is 2.65. The van der Waals surface area contributed by atoms with Crippen LogP contribution in [0.1, 0.15) is 26.3 Å². The molecule has 0 bridgehead atoms. The Balaban J connectivity index is 2.36. The van der Waals surface area contributed by atoms with Crippen molar-refractivity contribution in [2.45, 2.75) is 0 Å². The van der Waals surface area contributed by atoms with Gasteiger partial charge in [-0.15, -0.1) is 0 Å². The maximum absolute atomic E-state index is 12.7. The number of nitro benzene ring substituents is 1. The summed E-state index contributed by atoms with van der Waals surface area (Å²) >= 11 is 5.74. The average molecular weight is 378 g/mol. The highest BCUT2D eigenvalue weighted by atomic mass is 35.5. The number of methoxy groups -OCH3 is 1. The fourth-order valence-electron chi connectivity index (χ4n) is 2.07. The van der Waals surface area contributed by atoms with Crippen LogP contribution in [0.2, 0.25) is 5.02 Å². The molecule has 0 aliphatic heterocycles. The molecule has 0 aromatic heterocycles. The van der Waals surface area contributed by atoms with Crippen molar-refractivity contribution in [3.63, 3.8) is 0 Å². The lowest BCUT2D eigenvalue weighted by molar-refractivity contribution is -0.384. The molecule has 2 rings (SSSR count). The minimum atomic E-state index is -0.900. The Morgan fingerprint density at radius 3 is 2.38 bits per heavy atom. The number of rotatable bonds is 6. The number of ketones is 1. The summed E-state index contributed by atoms with van der Waals surface area (Å²) in [6.07, 6.45) is 0. The Morgan fingerprint density at radius 2 is 1.77 bits per heavy atom. The second kappa shape index (κ2) is 8.21. The van der Waals surface area contributed by atoms with Gasteiger partial charge in [-0.25, -0.2) is 9.59 Å². The summed E-state index contributed by atoms with van der Waals surface area (Å²) in [6.45, 7) is -0.607. The van der Waals surface area contributed by atoms with Crippen LogP contribution < -0.4 is 0 Å². The van der Waals surface area contributed by atoms with Gasteiger partial charge in [0.05, 0.1) is 17.6 Å². The smallest absolute Gasteiger partial charge is 0.344 e. The summed E-state index contributed by atoms with van der Waals surface area (Å²) < 4.78 is 9.16. The third-order valence-electron chi connectivity index (χ3n) is 3.35. The van der Waals surface area contributed by atoms with E-state index in [2.05, 4.69) is 4.74 Å². The van der Waals surface area contributed by atoms with Gasteiger partial charge < -0.3 is 9.47 Å². The molecule has 134 valence electrons. The number of ether oxygens (including phenoxy) is 2. The number of carbonyl (C=O) groups excluding carboxylic acids is 3. The van der Waals surface area contributed by atoms with Crippen LogP contribution in [-0.4, -0.2) is 36.4 Å². The lowest BCUT2D eigenvalue weighted by Gasteiger charge is -2.09. The lowest BCUT2D eigenvalue weighted by atomic mass is 9.98. The minimum absolute atomic E-state index is 0.0192. The topological polar surface area (TPSA) is 113 Å². The molecule has 0 spiro atoms. The first-order valence-electron chi connectivity index (χ1n) is 7.16. The molecular weight excluding hydrogens is 366 g/mol. The predicted molar refractivity (Wildman–Crippen MR) is 90.3 cm³/mol. The van der Waals surface area contributed by atoms with E-state index in [1.807, 2.05) is 0 Å². The first-order valence-corrected chi connectivity index (χ1v) is 7.54. The van der Waals surface area contributed by atoms with Crippen molar-refractivity contribution in [2.75, 3.05) is 13.7 Å². The molecule has 2 aromatic rings. The van der Waals surface area contributed by atoms with E-state index in [4.69, 9.17) is 16.3 Å². The van der Waals surface area contributed by atoms with E-state index in [0.717, 1.165) is 13.2 Å². The predicted octanol–water partition coefficient (Wildman–Crippen LogP) is 2.81. The molecule has 0 N–H and O–H groups in total. The van der Waals surface area contributed by atoms with Crippen molar-refractivity contribution in [3.05, 3.63) is 74.3 Å². The first-order chi connectivity index (χ1) is 12.3. The Kier molecular flexibility index (Phi) is 6.03. The number of nitrogens with zero attached hydrogens (tertiary/aromatic N) is 1. The Bertz CT molecular complexity index is 894. The molecule has 0 amide bonds. The van der Waals surface area contributed by atoms with Gasteiger partial charge >= 0.3 is 11.9 Å². The third-order valence-corrected chi connectivity index (χ3v) is 3.67. The Hall–Kier alpha value is -3.26. The summed E-state index contributed by atoms with van der Waals surface area (Å²) in [6, 6.07) is 9.32. The van der Waals surface area contributed by atoms with Crippen LogP contribution in [0.5, 0.6) is 0 Å². The second-order valence-corrected chi connectivity index (χ2v) is 5.36. The van der Waals surface area contributed by atoms with Gasteiger partial charge in [-0.2, -0.15) is 0 Å². The van der Waals surface area contributed by atoms with Crippen LogP contribution >= 0.6 is 11.6 Å². The van der Waals surface area contributed by atoms with E-state index < -0.39 is 34.9 Å². The van der Waals surface area contributed by atoms with Crippen LogP contribution in [0.4, 0.5) is 5.69 Å². The Morgan fingerprint density at radius 1 is 1.12 bits per heavy atom. The second-order valence-electron chi connectivity index (χ2n) is 4.95. The zero-order valence-corrected chi connectivity index (χ0v) is 14.2. The van der Waals surface area contributed by atoms with Crippen molar-refractivity contribution in [1.29, 1.82) is 0 Å². The summed E-state index contributed by atoms with van der Waals surface area (Å²) in [5, 5.41) is 10.9. The standard InChI is InChI=1S/C17H12ClNO7/c1-25-15(20)9-26-17(22)12-5-3-2-4-11(12)16(21)10-6-7-13(18)14(8-10)19(23)24/h2-8H,9H2,1H3. The minimum Gasteiger partial charge on any atom is -0.466 e. The van der Waals surface area contributed by atoms with Crippen LogP contribution in [0.15, 0.2) is 42.5 Å². The Labute approximate surface area is 152 Å². The van der Waals surface area contributed by atoms with Crippen molar-refractivity contribution in [2.24, 2.45) is 0 Å². The molecule has 2 aromatic carbocycles. The molecule has 0 unspecified atom stereocenters. The molecular formula is C17H12ClNO7. The fourth-order valence-corrected chi connectivity index (χ4v) is 2.26. The van der Waals surface area contributed by atoms with Crippen molar-refractivity contribution in [3.8, 4) is 0 Å². The van der Waals surface area contributed by atoms with Gasteiger partial charge in [0, 0.05) is 17.2 Å². The zero-order chi connectivity index (χ0) is 19.3. The molecule has 0 aliphatic rings. The maximum atomic E-state index is 12.7. The van der Waals surface area contributed by atoms with Crippen LogP contribution in [-0.2, 0) is 14.3 Å². The molecule has 0 saturated heterocycles. The SMILES string of the molecule is COC(=O)COC(=O)c1ccccc1C(=O)c1ccc(Cl)c([N+](=O)[O-])c1. The largest absolute Gasteiger partial charge is 0.466 e. The van der Waals surface area contributed by atoms with Gasteiger partial charge in [0.1, 0.15) is 5.02 Å². The maximum Gasteiger partial charge on any atom is 0.344 e. The van der Waals surface area contributed by atoms with Gasteiger partial charge in [-0.05, 0) is 18.2 Å². The normalized spacial score (nSPS) is 10.1. The number of esters is 2. The van der Waals surface area contributed by atoms with E-state index in [0.29, 0.717) is 0 Å². The highest BCUT2D eigenvalue weighted by Crippen LogP contribution is 2.27. The van der Waals surface area contributed by atoms with E-state index in [1.54, 1.807) is 0 Å². The van der Waals surface area contributed by atoms with E-state index >= 15 is 0 Å². The molecule has 0 atom stereocenters. The van der Waals surface area contributed by atoms with Gasteiger partial charge in [-0.3, -0.25) is 14.9 Å². The number of hydrogen-bond acceptors (Lipinski definition) is 7. The van der Waals surface area contributed by atoms with Gasteiger partial charge in [0.15, 0.2) is 12.4 Å². The lowest BCUT2D eigenvalue weighted by Crippen LogP contribution is -2.17. The quantitative estimate of drug-likeness (QED) is 0.329. The van der Waals surface area contributed by atoms with Crippen LogP contribution in [0, 0.1) is 10.1 Å². The van der Waals surface area contributed by atoms with Crippen LogP contribution in [0.25, 0.3) is 0 Å². The fraction of sp³-hybridized carbons (Fsp3) is 0.118. The number of halogens is 1. The highest BCUT2D eigenvalue weighted by molar-refractivity contribution is 6.33. The first kappa shape index (κ1) is 19.1. The summed E-state index contributed by atoms with van der Waals surface area (Å²) in [5.41, 5.74) is -0.560. The summed E-state index contributed by atoms with van der Waals surface area (Å²) in [7, 11) is 1.14. The van der Waals surface area contributed by atoms with E-state index in [1.165, 1.54) is 36.4 Å². The number of nitro groups is 1. The molecule has 26 heavy (non-hydrogen) atoms. The zero-order valence-electron chi connectivity index (χ0n) is 13.4. The molecule has 9 heteroatoms. The molecule has 8 nitrogen and oxygen atoms in total. The molecule has 0 aliphatic carbocycles. The highest BCUT2D eigenvalue weighted by Gasteiger charge is 2.22. The van der Waals surface area contributed by atoms with Gasteiger partial charge in [0.25, 0.3) is 5.69 Å². The summed E-state index contributed by atoms with van der Waals surface area (Å²) in [4.78, 5) is 46.2. The van der Waals surface area contributed by atoms with E-state index in [-0.39, 0.29) is 21.7 Å². The summed E-state index contributed by atoms with van der Waals surface area (Å²) in [5.74, 6) is -2.28. The molecule has 0 fully saturated rings. The van der Waals surface area contributed by atoms with Crippen LogP contribution in [0.3, 0.4) is 0 Å². The van der Waals surface area contributed by atoms with Crippen molar-refractivity contribution in [1.82, 2.24) is 0 Å². The molecule has 0 radical (unpaired) electrons. The number of benzene rings is 2. The monoisotopic (exact) mass is 377 g/mol. The third kappa shape index (κ3) is 4.22. The van der Waals surface area contributed by atoms with Crippen molar-refractivity contribution < 1.29 is 28.8 Å². The number of carbonyl (C=O) groups is 3. The molecule has 0 saturated carbocycles. The number of hydrogen-bond donors (Lipinski definition) is 0. The molecule has 0 heterocycles. The van der Waals surface area contributed by atoms with Gasteiger partial charge in [0.2, 0.25) is 0 Å². The van der Waals surface area contributed by atoms with Crippen molar-refractivity contribution >= 4 is 35.0 Å².